The third kappa shape index (κ3) is 4.72. The molecule has 2 heterocycles. The molecule has 0 saturated carbocycles. The molecule has 2 aliphatic rings. The molecule has 1 amide bonds. The molecule has 0 saturated heterocycles. The van der Waals surface area contributed by atoms with Gasteiger partial charge in [0, 0.05) is 12.6 Å². The van der Waals surface area contributed by atoms with Crippen LogP contribution in [0, 0.1) is 19.3 Å². The number of aryl methyl sites for hydroxylation is 2. The van der Waals surface area contributed by atoms with Gasteiger partial charge in [-0.3, -0.25) is 15.1 Å². The summed E-state index contributed by atoms with van der Waals surface area (Å²) in [4.78, 5) is 17.9. The molecule has 0 unspecified atom stereocenters. The summed E-state index contributed by atoms with van der Waals surface area (Å²) in [6, 6.07) is 13.6. The first kappa shape index (κ1) is 20.9. The Hall–Kier alpha value is -3.32. The van der Waals surface area contributed by atoms with E-state index in [1.807, 2.05) is 61.7 Å². The topological polar surface area (TPSA) is 75.0 Å². The number of para-hydroxylation sites is 1. The molecule has 2 aromatic carbocycles. The molecule has 2 aliphatic heterocycles. The molecule has 6 nitrogen and oxygen atoms in total. The first-order valence-corrected chi connectivity index (χ1v) is 10.9. The molecule has 0 fully saturated rings. The largest absolute Gasteiger partial charge is 0.493 e. The molecule has 7 heteroatoms. The zero-order valence-electron chi connectivity index (χ0n) is 17.4. The molecular formula is C24H23N3O3S. The van der Waals surface area contributed by atoms with Crippen LogP contribution in [0.15, 0.2) is 64.6 Å². The van der Waals surface area contributed by atoms with Crippen molar-refractivity contribution in [3.63, 3.8) is 0 Å². The fourth-order valence-corrected chi connectivity index (χ4v) is 4.01. The van der Waals surface area contributed by atoms with E-state index in [9.17, 15) is 4.79 Å². The first-order chi connectivity index (χ1) is 15.0. The Morgan fingerprint density at radius 1 is 1.06 bits per heavy atom. The van der Waals surface area contributed by atoms with Crippen LogP contribution in [0.5, 0.6) is 11.5 Å². The van der Waals surface area contributed by atoms with Crippen molar-refractivity contribution < 1.29 is 14.3 Å². The number of fused-ring (bicyclic) bond motifs is 1. The lowest BCUT2D eigenvalue weighted by atomic mass is 10.1. The molecule has 0 radical (unpaired) electrons. The highest BCUT2D eigenvalue weighted by atomic mass is 32.2. The summed E-state index contributed by atoms with van der Waals surface area (Å²) >= 11 is 1.34. The van der Waals surface area contributed by atoms with Gasteiger partial charge in [0.2, 0.25) is 0 Å². The number of carbonyl (C=O) groups is 1. The maximum atomic E-state index is 12.3. The SMILES string of the molecule is Cc1cccc(C)c1OCCCOc1ccc(/C=C2/C(=N)N3C=CSC3=NC2=O)cc1. The van der Waals surface area contributed by atoms with E-state index >= 15 is 0 Å². The molecule has 0 aliphatic carbocycles. The number of hydrogen-bond acceptors (Lipinski definition) is 5. The van der Waals surface area contributed by atoms with Gasteiger partial charge < -0.3 is 9.47 Å². The van der Waals surface area contributed by atoms with Crippen molar-refractivity contribution in [3.05, 3.63) is 76.3 Å². The van der Waals surface area contributed by atoms with Crippen LogP contribution in [-0.4, -0.2) is 35.0 Å². The summed E-state index contributed by atoms with van der Waals surface area (Å²) in [6.07, 6.45) is 4.20. The number of amides is 1. The van der Waals surface area contributed by atoms with Crippen LogP contribution in [-0.2, 0) is 4.79 Å². The zero-order chi connectivity index (χ0) is 21.8. The summed E-state index contributed by atoms with van der Waals surface area (Å²) in [6.45, 7) is 5.23. The Balaban J connectivity index is 1.30. The second kappa shape index (κ2) is 9.22. The minimum atomic E-state index is -0.392. The number of nitrogens with zero attached hydrogens (tertiary/aromatic N) is 2. The number of thioether (sulfide) groups is 1. The van der Waals surface area contributed by atoms with Crippen molar-refractivity contribution in [2.45, 2.75) is 20.3 Å². The minimum Gasteiger partial charge on any atom is -0.493 e. The fourth-order valence-electron chi connectivity index (χ4n) is 3.31. The fraction of sp³-hybridized carbons (Fsp3) is 0.208. The molecule has 31 heavy (non-hydrogen) atoms. The maximum absolute atomic E-state index is 12.3. The van der Waals surface area contributed by atoms with Gasteiger partial charge in [-0.05, 0) is 54.2 Å². The number of nitrogens with one attached hydrogen (secondary N) is 1. The lowest BCUT2D eigenvalue weighted by Gasteiger charge is -2.22. The van der Waals surface area contributed by atoms with E-state index < -0.39 is 5.91 Å². The molecule has 0 bridgehead atoms. The molecule has 0 aromatic heterocycles. The monoisotopic (exact) mass is 433 g/mol. The van der Waals surface area contributed by atoms with Crippen LogP contribution in [0.4, 0.5) is 0 Å². The van der Waals surface area contributed by atoms with Crippen molar-refractivity contribution in [1.82, 2.24) is 4.90 Å². The Morgan fingerprint density at radius 3 is 2.52 bits per heavy atom. The Labute approximate surface area is 185 Å². The summed E-state index contributed by atoms with van der Waals surface area (Å²) in [5.74, 6) is 1.44. The number of carbonyl (C=O) groups excluding carboxylic acids is 1. The standard InChI is InChI=1S/C24H23N3O3S/c1-16-5-3-6-17(2)21(16)30-13-4-12-29-19-9-7-18(8-10-19)15-20-22(25)27-11-14-31-24(27)26-23(20)28/h3,5-11,14-15,25H,4,12-13H2,1-2H3/b20-15-,25-22?. The number of aliphatic imine (C=N–C) groups is 1. The van der Waals surface area contributed by atoms with E-state index in [1.165, 1.54) is 11.8 Å². The Kier molecular flexibility index (Phi) is 6.23. The van der Waals surface area contributed by atoms with Crippen LogP contribution < -0.4 is 9.47 Å². The van der Waals surface area contributed by atoms with E-state index in [0.717, 1.165) is 34.6 Å². The van der Waals surface area contributed by atoms with Crippen LogP contribution in [0.3, 0.4) is 0 Å². The van der Waals surface area contributed by atoms with Gasteiger partial charge in [0.1, 0.15) is 17.3 Å². The number of benzene rings is 2. The third-order valence-electron chi connectivity index (χ3n) is 4.92. The lowest BCUT2D eigenvalue weighted by molar-refractivity contribution is -0.114. The highest BCUT2D eigenvalue weighted by molar-refractivity contribution is 8.16. The number of amidine groups is 2. The normalized spacial score (nSPS) is 16.5. The molecular weight excluding hydrogens is 410 g/mol. The van der Waals surface area contributed by atoms with E-state index in [2.05, 4.69) is 4.99 Å². The quantitative estimate of drug-likeness (QED) is 0.495. The molecule has 0 spiro atoms. The third-order valence-corrected chi connectivity index (χ3v) is 5.67. The van der Waals surface area contributed by atoms with Crippen molar-refractivity contribution in [2.75, 3.05) is 13.2 Å². The van der Waals surface area contributed by atoms with Crippen molar-refractivity contribution in [1.29, 1.82) is 5.41 Å². The van der Waals surface area contributed by atoms with Gasteiger partial charge in [0.15, 0.2) is 5.17 Å². The first-order valence-electron chi connectivity index (χ1n) is 10.0. The van der Waals surface area contributed by atoms with E-state index in [0.29, 0.717) is 18.4 Å². The van der Waals surface area contributed by atoms with Crippen LogP contribution in [0.1, 0.15) is 23.1 Å². The summed E-state index contributed by atoms with van der Waals surface area (Å²) in [5, 5.41) is 10.6. The van der Waals surface area contributed by atoms with Gasteiger partial charge in [0.05, 0.1) is 18.8 Å². The predicted octanol–water partition coefficient (Wildman–Crippen LogP) is 4.93. The Bertz CT molecular complexity index is 1080. The molecule has 158 valence electrons. The second-order valence-corrected chi connectivity index (χ2v) is 8.09. The van der Waals surface area contributed by atoms with Gasteiger partial charge >= 0.3 is 0 Å². The van der Waals surface area contributed by atoms with Crippen LogP contribution >= 0.6 is 11.8 Å². The van der Waals surface area contributed by atoms with Crippen molar-refractivity contribution in [3.8, 4) is 11.5 Å². The summed E-state index contributed by atoms with van der Waals surface area (Å²) in [5.41, 5.74) is 3.36. The minimum absolute atomic E-state index is 0.139. The van der Waals surface area contributed by atoms with Gasteiger partial charge in [-0.2, -0.15) is 4.99 Å². The molecule has 0 atom stereocenters. The van der Waals surface area contributed by atoms with Gasteiger partial charge in [0.25, 0.3) is 5.91 Å². The number of ether oxygens (including phenoxy) is 2. The number of hydrogen-bond donors (Lipinski definition) is 1. The molecule has 4 rings (SSSR count). The number of rotatable bonds is 7. The maximum Gasteiger partial charge on any atom is 0.283 e. The smallest absolute Gasteiger partial charge is 0.283 e. The van der Waals surface area contributed by atoms with Gasteiger partial charge in [-0.1, -0.05) is 42.1 Å². The Morgan fingerprint density at radius 2 is 1.77 bits per heavy atom. The van der Waals surface area contributed by atoms with Gasteiger partial charge in [-0.25, -0.2) is 0 Å². The van der Waals surface area contributed by atoms with E-state index in [-0.39, 0.29) is 11.4 Å². The molecule has 2 aromatic rings. The summed E-state index contributed by atoms with van der Waals surface area (Å²) in [7, 11) is 0. The van der Waals surface area contributed by atoms with Crippen molar-refractivity contribution in [2.24, 2.45) is 4.99 Å². The average molecular weight is 434 g/mol. The van der Waals surface area contributed by atoms with Crippen molar-refractivity contribution >= 4 is 34.7 Å². The van der Waals surface area contributed by atoms with Crippen LogP contribution in [0.2, 0.25) is 0 Å². The van der Waals surface area contributed by atoms with Gasteiger partial charge in [-0.15, -0.1) is 0 Å². The zero-order valence-corrected chi connectivity index (χ0v) is 18.2. The van der Waals surface area contributed by atoms with E-state index in [4.69, 9.17) is 14.9 Å². The summed E-state index contributed by atoms with van der Waals surface area (Å²) < 4.78 is 11.7. The molecule has 1 N–H and O–H groups in total. The lowest BCUT2D eigenvalue weighted by Crippen LogP contribution is -2.35. The average Bonchev–Trinajstić information content (AvgIpc) is 3.22. The second-order valence-electron chi connectivity index (χ2n) is 7.22. The highest BCUT2D eigenvalue weighted by Gasteiger charge is 2.30. The highest BCUT2D eigenvalue weighted by Crippen LogP contribution is 2.27. The predicted molar refractivity (Wildman–Crippen MR) is 125 cm³/mol. The van der Waals surface area contributed by atoms with Crippen LogP contribution in [0.25, 0.3) is 6.08 Å². The van der Waals surface area contributed by atoms with E-state index in [1.54, 1.807) is 17.2 Å².